The first-order valence-electron chi connectivity index (χ1n) is 5.73. The average Bonchev–Trinajstić information content (AvgIpc) is 2.70. The van der Waals surface area contributed by atoms with Gasteiger partial charge in [-0.15, -0.1) is 0 Å². The molecule has 0 aliphatic carbocycles. The first-order chi connectivity index (χ1) is 9.35. The molecule has 0 bridgehead atoms. The quantitative estimate of drug-likeness (QED) is 0.904. The Morgan fingerprint density at radius 1 is 1.35 bits per heavy atom. The van der Waals surface area contributed by atoms with Crippen LogP contribution in [0.1, 0.15) is 11.3 Å². The van der Waals surface area contributed by atoms with Gasteiger partial charge in [0.25, 0.3) is 10.0 Å². The van der Waals surface area contributed by atoms with Gasteiger partial charge in [-0.1, -0.05) is 0 Å². The van der Waals surface area contributed by atoms with Crippen LogP contribution in [0.25, 0.3) is 0 Å². The van der Waals surface area contributed by atoms with Crippen molar-refractivity contribution in [3.63, 3.8) is 0 Å². The van der Waals surface area contributed by atoms with E-state index >= 15 is 0 Å². The summed E-state index contributed by atoms with van der Waals surface area (Å²) in [7, 11) is -2.58. The summed E-state index contributed by atoms with van der Waals surface area (Å²) in [6, 6.07) is 3.32. The zero-order valence-electron chi connectivity index (χ0n) is 11.2. The van der Waals surface area contributed by atoms with E-state index in [1.807, 2.05) is 0 Å². The molecule has 2 rings (SSSR count). The SMILES string of the molecule is COc1cc(S(=O)(=O)Nc2n[nH]c(C)c2C)ccc1F. The zero-order chi connectivity index (χ0) is 14.9. The van der Waals surface area contributed by atoms with Gasteiger partial charge < -0.3 is 4.74 Å². The number of halogens is 1. The van der Waals surface area contributed by atoms with Crippen LogP contribution in [0.3, 0.4) is 0 Å². The van der Waals surface area contributed by atoms with Crippen LogP contribution >= 0.6 is 0 Å². The molecule has 0 aliphatic rings. The number of H-pyrrole nitrogens is 1. The van der Waals surface area contributed by atoms with E-state index in [1.165, 1.54) is 7.11 Å². The maximum absolute atomic E-state index is 13.3. The Hall–Kier alpha value is -2.09. The van der Waals surface area contributed by atoms with E-state index < -0.39 is 15.8 Å². The Morgan fingerprint density at radius 2 is 2.05 bits per heavy atom. The van der Waals surface area contributed by atoms with Gasteiger partial charge in [0.05, 0.1) is 12.0 Å². The number of anilines is 1. The predicted octanol–water partition coefficient (Wildman–Crippen LogP) is 1.98. The normalized spacial score (nSPS) is 11.4. The Bertz CT molecular complexity index is 740. The van der Waals surface area contributed by atoms with Crippen molar-refractivity contribution >= 4 is 15.8 Å². The number of aromatic nitrogens is 2. The molecule has 0 amide bonds. The summed E-state index contributed by atoms with van der Waals surface area (Å²) < 4.78 is 44.8. The van der Waals surface area contributed by atoms with Gasteiger partial charge in [-0.3, -0.25) is 9.82 Å². The molecule has 108 valence electrons. The Labute approximate surface area is 116 Å². The molecule has 0 saturated heterocycles. The second-order valence-electron chi connectivity index (χ2n) is 4.22. The molecule has 1 aromatic carbocycles. The topological polar surface area (TPSA) is 84.1 Å². The number of sulfonamides is 1. The molecule has 0 radical (unpaired) electrons. The summed E-state index contributed by atoms with van der Waals surface area (Å²) in [4.78, 5) is -0.101. The minimum absolute atomic E-state index is 0.101. The highest BCUT2D eigenvalue weighted by atomic mass is 32.2. The highest BCUT2D eigenvalue weighted by Crippen LogP contribution is 2.24. The molecule has 1 heterocycles. The number of rotatable bonds is 4. The van der Waals surface area contributed by atoms with Crippen molar-refractivity contribution in [3.05, 3.63) is 35.3 Å². The van der Waals surface area contributed by atoms with E-state index in [1.54, 1.807) is 13.8 Å². The van der Waals surface area contributed by atoms with Crippen molar-refractivity contribution in [2.75, 3.05) is 11.8 Å². The van der Waals surface area contributed by atoms with Gasteiger partial charge in [0.1, 0.15) is 0 Å². The first kappa shape index (κ1) is 14.3. The number of nitrogens with one attached hydrogen (secondary N) is 2. The lowest BCUT2D eigenvalue weighted by Crippen LogP contribution is -2.14. The standard InChI is InChI=1S/C12H14FN3O3S/c1-7-8(2)14-15-12(7)16-20(17,18)9-4-5-10(13)11(6-9)19-3/h4-6H,1-3H3,(H2,14,15,16). The molecule has 0 fully saturated rings. The van der Waals surface area contributed by atoms with E-state index in [0.717, 1.165) is 23.9 Å². The molecule has 0 saturated carbocycles. The molecule has 8 heteroatoms. The van der Waals surface area contributed by atoms with Gasteiger partial charge in [0.15, 0.2) is 17.4 Å². The van der Waals surface area contributed by atoms with Crippen molar-refractivity contribution < 1.29 is 17.5 Å². The van der Waals surface area contributed by atoms with Gasteiger partial charge in [0, 0.05) is 17.3 Å². The number of benzene rings is 1. The van der Waals surface area contributed by atoms with Crippen molar-refractivity contribution in [2.24, 2.45) is 0 Å². The maximum Gasteiger partial charge on any atom is 0.263 e. The van der Waals surface area contributed by atoms with Crippen LogP contribution in [0.15, 0.2) is 23.1 Å². The first-order valence-corrected chi connectivity index (χ1v) is 7.21. The summed E-state index contributed by atoms with van der Waals surface area (Å²) in [5, 5.41) is 6.55. The third-order valence-electron chi connectivity index (χ3n) is 2.92. The Kier molecular flexibility index (Phi) is 3.67. The van der Waals surface area contributed by atoms with Gasteiger partial charge in [-0.05, 0) is 26.0 Å². The molecular weight excluding hydrogens is 285 g/mol. The lowest BCUT2D eigenvalue weighted by Gasteiger charge is -2.08. The highest BCUT2D eigenvalue weighted by molar-refractivity contribution is 7.92. The second kappa shape index (κ2) is 5.12. The monoisotopic (exact) mass is 299 g/mol. The minimum atomic E-state index is -3.85. The molecule has 2 aromatic rings. The summed E-state index contributed by atoms with van der Waals surface area (Å²) in [6.45, 7) is 3.52. The molecule has 2 N–H and O–H groups in total. The largest absolute Gasteiger partial charge is 0.494 e. The molecule has 0 atom stereocenters. The van der Waals surface area contributed by atoms with Crippen LogP contribution in [0, 0.1) is 19.7 Å². The summed E-state index contributed by atoms with van der Waals surface area (Å²) in [5.41, 5.74) is 1.46. The molecule has 0 unspecified atom stereocenters. The minimum Gasteiger partial charge on any atom is -0.494 e. The third kappa shape index (κ3) is 2.60. The number of ether oxygens (including phenoxy) is 1. The van der Waals surface area contributed by atoms with Crippen molar-refractivity contribution in [1.82, 2.24) is 10.2 Å². The molecule has 0 aliphatic heterocycles. The van der Waals surface area contributed by atoms with Gasteiger partial charge >= 0.3 is 0 Å². The van der Waals surface area contributed by atoms with Crippen molar-refractivity contribution in [2.45, 2.75) is 18.7 Å². The van der Waals surface area contributed by atoms with Crippen LogP contribution in [-0.4, -0.2) is 25.7 Å². The fourth-order valence-electron chi connectivity index (χ4n) is 1.58. The highest BCUT2D eigenvalue weighted by Gasteiger charge is 2.19. The molecule has 6 nitrogen and oxygen atoms in total. The Morgan fingerprint density at radius 3 is 2.60 bits per heavy atom. The molecule has 20 heavy (non-hydrogen) atoms. The van der Waals surface area contributed by atoms with Crippen molar-refractivity contribution in [1.29, 1.82) is 0 Å². The van der Waals surface area contributed by atoms with E-state index in [9.17, 15) is 12.8 Å². The van der Waals surface area contributed by atoms with Crippen molar-refractivity contribution in [3.8, 4) is 5.75 Å². The van der Waals surface area contributed by atoms with Crippen LogP contribution < -0.4 is 9.46 Å². The van der Waals surface area contributed by atoms with E-state index in [2.05, 4.69) is 14.9 Å². The number of aryl methyl sites for hydroxylation is 1. The smallest absolute Gasteiger partial charge is 0.263 e. The lowest BCUT2D eigenvalue weighted by molar-refractivity contribution is 0.385. The summed E-state index contributed by atoms with van der Waals surface area (Å²) >= 11 is 0. The summed E-state index contributed by atoms with van der Waals surface area (Å²) in [6.07, 6.45) is 0. The predicted molar refractivity (Wildman–Crippen MR) is 71.8 cm³/mol. The molecule has 1 aromatic heterocycles. The number of nitrogens with zero attached hydrogens (tertiary/aromatic N) is 1. The van der Waals surface area contributed by atoms with Gasteiger partial charge in [-0.2, -0.15) is 5.10 Å². The Balaban J connectivity index is 2.38. The van der Waals surface area contributed by atoms with Crippen LogP contribution in [0.5, 0.6) is 5.75 Å². The van der Waals surface area contributed by atoms with Gasteiger partial charge in [-0.25, -0.2) is 12.8 Å². The average molecular weight is 299 g/mol. The third-order valence-corrected chi connectivity index (χ3v) is 4.25. The number of aromatic amines is 1. The fourth-order valence-corrected chi connectivity index (χ4v) is 2.66. The van der Waals surface area contributed by atoms with Crippen LogP contribution in [-0.2, 0) is 10.0 Å². The number of hydrogen-bond donors (Lipinski definition) is 2. The molecular formula is C12H14FN3O3S. The zero-order valence-corrected chi connectivity index (χ0v) is 12.0. The second-order valence-corrected chi connectivity index (χ2v) is 5.91. The van der Waals surface area contributed by atoms with Crippen LogP contribution in [0.2, 0.25) is 0 Å². The van der Waals surface area contributed by atoms with E-state index in [0.29, 0.717) is 5.56 Å². The van der Waals surface area contributed by atoms with Gasteiger partial charge in [0.2, 0.25) is 0 Å². The van der Waals surface area contributed by atoms with Crippen LogP contribution in [0.4, 0.5) is 10.2 Å². The summed E-state index contributed by atoms with van der Waals surface area (Å²) in [5.74, 6) is -0.549. The fraction of sp³-hybridized carbons (Fsp3) is 0.250. The van der Waals surface area contributed by atoms with E-state index in [4.69, 9.17) is 4.74 Å². The number of hydrogen-bond acceptors (Lipinski definition) is 4. The molecule has 0 spiro atoms. The lowest BCUT2D eigenvalue weighted by atomic mass is 10.3. The maximum atomic E-state index is 13.3. The van der Waals surface area contributed by atoms with E-state index in [-0.39, 0.29) is 16.5 Å². The number of methoxy groups -OCH3 is 1.